The molecule has 2 amide bonds. The molecule has 0 fully saturated rings. The number of esters is 4. The van der Waals surface area contributed by atoms with Crippen LogP contribution in [0.15, 0.2) is 264 Å². The van der Waals surface area contributed by atoms with Gasteiger partial charge in [0.2, 0.25) is 11.8 Å². The molecule has 0 aliphatic carbocycles. The van der Waals surface area contributed by atoms with Gasteiger partial charge in [0.05, 0.1) is 97.4 Å². The van der Waals surface area contributed by atoms with Gasteiger partial charge in [-0.2, -0.15) is 0 Å². The molecule has 0 aliphatic heterocycles. The van der Waals surface area contributed by atoms with Crippen molar-refractivity contribution in [1.82, 2.24) is 10.6 Å². The van der Waals surface area contributed by atoms with E-state index in [9.17, 15) is 172 Å². The summed E-state index contributed by atoms with van der Waals surface area (Å²) in [6.45, 7) is 55.4. The van der Waals surface area contributed by atoms with Crippen molar-refractivity contribution in [2.75, 3.05) is 106 Å². The molecule has 0 heterocycles. The van der Waals surface area contributed by atoms with Gasteiger partial charge in [0.15, 0.2) is 179 Å². The first kappa shape index (κ1) is 141. The van der Waals surface area contributed by atoms with Gasteiger partial charge in [-0.15, -0.1) is 0 Å². The highest BCUT2D eigenvalue weighted by Gasteiger charge is 2.33. The highest BCUT2D eigenvalue weighted by molar-refractivity contribution is 7.99. The Balaban J connectivity index is -0.000000556. The van der Waals surface area contributed by atoms with E-state index in [1.165, 1.54) is 18.2 Å². The summed E-state index contributed by atoms with van der Waals surface area (Å²) in [5.74, 6) is -17.6. The number of ether oxygens (including phenoxy) is 5. The summed E-state index contributed by atoms with van der Waals surface area (Å²) in [6.07, 6.45) is -7.89. The van der Waals surface area contributed by atoms with E-state index >= 15 is 0 Å². The molecule has 48 nitrogen and oxygen atoms in total. The summed E-state index contributed by atoms with van der Waals surface area (Å²) < 4.78 is 409. The fourth-order valence-electron chi connectivity index (χ4n) is 8.24. The Morgan fingerprint density at radius 2 is 0.441 bits per heavy atom. The third-order valence-corrected chi connectivity index (χ3v) is 36.8. The lowest BCUT2D eigenvalue weighted by atomic mass is 10.1. The van der Waals surface area contributed by atoms with Crippen molar-refractivity contribution in [3.05, 3.63) is 287 Å². The number of hydrogen-bond donors (Lipinski definition) is 3. The van der Waals surface area contributed by atoms with Gasteiger partial charge >= 0.3 is 23.9 Å². The van der Waals surface area contributed by atoms with E-state index in [1.807, 2.05) is 0 Å². The van der Waals surface area contributed by atoms with E-state index in [1.54, 1.807) is 0 Å². The Labute approximate surface area is 835 Å². The van der Waals surface area contributed by atoms with Gasteiger partial charge in [0, 0.05) is 110 Å². The Morgan fingerprint density at radius 1 is 0.252 bits per heavy atom. The maximum Gasteiger partial charge on any atom is 0.338 e. The number of aliphatic hydroxyl groups excluding tert-OH is 1. The average Bonchev–Trinajstić information content (AvgIpc) is 0.838. The van der Waals surface area contributed by atoms with E-state index in [-0.39, 0.29) is 53.3 Å². The van der Waals surface area contributed by atoms with Crippen LogP contribution in [0.25, 0.3) is 0 Å². The molecular weight excluding hydrogens is 2250 g/mol. The van der Waals surface area contributed by atoms with Crippen LogP contribution in [0.5, 0.6) is 0 Å². The second-order valence-corrected chi connectivity index (χ2v) is 60.6. The van der Waals surface area contributed by atoms with E-state index in [0.29, 0.717) is 75.7 Å². The van der Waals surface area contributed by atoms with Crippen molar-refractivity contribution in [3.63, 3.8) is 0 Å². The molecule has 0 aliphatic rings. The molecule has 2 rings (SSSR count). The Kier molecular flexibility index (Phi) is 62.3. The number of hydrogen-bond acceptors (Lipinski definition) is 46. The van der Waals surface area contributed by atoms with E-state index in [0.717, 1.165) is 52.0 Å². The number of rotatable bonds is 61. The normalized spacial score (nSPS) is 12.2. The standard InChI is InChI=1S/2C22H26O12S4.C10H16N2O6S2.C7H12O5S2.C7H12O4S2.C6H10O5S2.C4H6O2S/c1-5-35(25,26)13-19(14-36(27,28)6-2)33-21(23)17-9-11-18(12-10-17)22(24)34-20(15-37(29,30)7-3)16-38(31,32)8-4;1-5-35(25,26)13-19(14-36(27,28)6-2)33-21(23)17-10-9-11-18(12-17)22(24)34-20(15-37(29,30)7-3)16-38(31,32)8-4;1-3-19(15,16)7-9(13)11-5-6-12-10(14)8-20(17,18)4-2;1-3-13(9,10)5-7(8)6-14(11,12)4-2;1-3-12(8,9)6-5-7-13(10,11)4-2;1-3-12(7,8)5-11-6-13(9,10)4-2;1-3-7(5,6)4-2/h2*5-12,19-20H,1-4,13-16H2;3-4H,1-2,5-8H2,(H,11,13)(H,12,14);3-4,7-8H,1-2,5-6H2;3-4H,1-2,5-7H2;3-4H,1-2,5-6H2;3-4H,1-2H2. The predicted molar refractivity (Wildman–Crippen MR) is 540 cm³/mol. The van der Waals surface area contributed by atoms with Gasteiger partial charge in [0.25, 0.3) is 0 Å². The lowest BCUT2D eigenvalue weighted by Crippen LogP contribution is -2.38. The smallest absolute Gasteiger partial charge is 0.338 e. The van der Waals surface area contributed by atoms with Gasteiger partial charge in [0.1, 0.15) is 35.9 Å². The number of sulfone groups is 17. The first-order chi connectivity index (χ1) is 64.9. The Morgan fingerprint density at radius 3 is 0.622 bits per heavy atom. The molecule has 65 heteroatoms. The fourth-order valence-corrected chi connectivity index (χ4v) is 21.1. The van der Waals surface area contributed by atoms with Crippen LogP contribution in [-0.2, 0) is 201 Å². The average molecular weight is 2350 g/mol. The molecule has 0 radical (unpaired) electrons. The molecule has 0 atom stereocenters. The van der Waals surface area contributed by atoms with Crippen molar-refractivity contribution < 1.29 is 201 Å². The summed E-state index contributed by atoms with van der Waals surface area (Å²) in [6, 6.07) is 8.81. The summed E-state index contributed by atoms with van der Waals surface area (Å²) >= 11 is 0. The number of aliphatic hydroxyl groups is 1. The van der Waals surface area contributed by atoms with Crippen molar-refractivity contribution in [2.24, 2.45) is 0 Å². The molecule has 3 N–H and O–H groups in total. The quantitative estimate of drug-likeness (QED) is 0.0471. The second kappa shape index (κ2) is 63.1. The summed E-state index contributed by atoms with van der Waals surface area (Å²) in [4.78, 5) is 72.7. The molecule has 0 saturated heterocycles. The number of benzene rings is 2. The third-order valence-electron chi connectivity index (χ3n) is 15.3. The van der Waals surface area contributed by atoms with Gasteiger partial charge in [-0.1, -0.05) is 124 Å². The molecule has 0 saturated carbocycles. The van der Waals surface area contributed by atoms with Crippen LogP contribution in [0.3, 0.4) is 0 Å². The van der Waals surface area contributed by atoms with Crippen LogP contribution < -0.4 is 10.6 Å². The highest BCUT2D eigenvalue weighted by atomic mass is 32.3. The molecule has 2 aromatic rings. The summed E-state index contributed by atoms with van der Waals surface area (Å²) in [7, 11) is -62.9. The molecule has 143 heavy (non-hydrogen) atoms. The number of nitrogens with one attached hydrogen (secondary N) is 2. The van der Waals surface area contributed by atoms with Crippen molar-refractivity contribution in [2.45, 2.75) is 36.9 Å². The monoisotopic (exact) mass is 2350 g/mol. The van der Waals surface area contributed by atoms with E-state index < -0.39 is 314 Å². The van der Waals surface area contributed by atoms with Crippen molar-refractivity contribution in [3.8, 4) is 0 Å². The van der Waals surface area contributed by atoms with Crippen molar-refractivity contribution >= 4 is 203 Å². The first-order valence-corrected chi connectivity index (χ1v) is 66.9. The van der Waals surface area contributed by atoms with Crippen LogP contribution in [0, 0.1) is 0 Å². The summed E-state index contributed by atoms with van der Waals surface area (Å²) in [5, 5.41) is 25.7. The van der Waals surface area contributed by atoms with Gasteiger partial charge in [-0.3, -0.25) is 9.59 Å². The minimum absolute atomic E-state index is 0.0224. The molecule has 0 bridgehead atoms. The fraction of sp³-hybridized carbons (Fsp3) is 0.308. The lowest BCUT2D eigenvalue weighted by Gasteiger charge is -2.18. The first-order valence-electron chi connectivity index (χ1n) is 37.8. The molecule has 0 spiro atoms. The topological polar surface area (TPSA) is 773 Å². The Hall–Kier alpha value is -10.4. The third kappa shape index (κ3) is 69.3. The zero-order chi connectivity index (χ0) is 113. The zero-order valence-electron chi connectivity index (χ0n) is 75.8. The molecule has 808 valence electrons. The van der Waals surface area contributed by atoms with Crippen LogP contribution in [0.4, 0.5) is 0 Å². The van der Waals surface area contributed by atoms with Crippen molar-refractivity contribution in [1.29, 1.82) is 0 Å². The second-order valence-electron chi connectivity index (χ2n) is 27.0. The summed E-state index contributed by atoms with van der Waals surface area (Å²) in [5.41, 5.74) is -1.02. The number of carbonyl (C=O) groups is 6. The van der Waals surface area contributed by atoms with Crippen LogP contribution in [0.2, 0.25) is 0 Å². The van der Waals surface area contributed by atoms with E-state index in [4.69, 9.17) is 24.1 Å². The maximum atomic E-state index is 12.7. The minimum atomic E-state index is -4.00. The SMILES string of the molecule is C=CS(=O)(=O)C=C.C=CS(=O)(=O)CC(=O)NCCNC(=O)CS(=O)(=O)C=C.C=CS(=O)(=O)CC(CS(=O)(=O)C=C)OC(=O)c1ccc(C(=O)OC(CS(=O)(=O)C=C)CS(=O)(=O)C=C)cc1.C=CS(=O)(=O)CC(CS(=O)(=O)C=C)OC(=O)c1cccc(C(=O)OC(CS(=O)(=O)C=C)CS(=O)(=O)C=C)c1.C=CS(=O)(=O)CC(O)CS(=O)(=O)C=C.C=CS(=O)(=O)CCCS(=O)(=O)C=C.C=CS(=O)(=O)COCS(=O)(=O)C=C. The molecular formula is C78H108N2O46S17. The number of amides is 2. The molecule has 0 aromatic heterocycles. The van der Waals surface area contributed by atoms with Gasteiger partial charge in [-0.05, 0) is 48.9 Å². The maximum absolute atomic E-state index is 12.7. The molecule has 0 unspecified atom stereocenters. The van der Waals surface area contributed by atoms with Gasteiger partial charge < -0.3 is 39.4 Å². The predicted octanol–water partition coefficient (Wildman–Crippen LogP) is 0.956. The lowest BCUT2D eigenvalue weighted by molar-refractivity contribution is -0.120. The minimum Gasteiger partial charge on any atom is -0.457 e. The van der Waals surface area contributed by atoms with Gasteiger partial charge in [-0.25, -0.2) is 162 Å². The zero-order valence-corrected chi connectivity index (χ0v) is 89.7. The van der Waals surface area contributed by atoms with E-state index in [2.05, 4.69) is 134 Å². The van der Waals surface area contributed by atoms with Crippen LogP contribution >= 0.6 is 0 Å². The largest absolute Gasteiger partial charge is 0.457 e. The number of carbonyl (C=O) groups excluding carboxylic acids is 6. The van der Waals surface area contributed by atoms with Crippen LogP contribution in [0.1, 0.15) is 47.9 Å². The van der Waals surface area contributed by atoms with Crippen LogP contribution in [-0.4, -0.2) is 320 Å². The highest BCUT2D eigenvalue weighted by Crippen LogP contribution is 2.19. The molecule has 2 aromatic carbocycles. The Bertz CT molecular complexity index is 6520.